The predicted octanol–water partition coefficient (Wildman–Crippen LogP) is -3.32. The second kappa shape index (κ2) is 12.2. The van der Waals surface area contributed by atoms with Gasteiger partial charge in [0.15, 0.2) is 29.2 Å². The fourth-order valence-electron chi connectivity index (χ4n) is 4.08. The summed E-state index contributed by atoms with van der Waals surface area (Å²) in [5, 5.41) is 32.8. The number of nitrogens with zero attached hydrogens (tertiary/aromatic N) is 2. The van der Waals surface area contributed by atoms with Crippen molar-refractivity contribution in [1.82, 2.24) is 25.8 Å². The molecule has 0 aliphatic rings. The molecule has 0 fully saturated rings. The minimum absolute atomic E-state index is 0.0722. The SMILES string of the molecule is BC(B)(O)Oc1ncc(-c2ccc3c(C(=O)NC(B)(O)C(B)(B)B)n[nH]c3c2)cc1C(=O)NCc1ccccc1OC(F)(F)F. The lowest BCUT2D eigenvalue weighted by Gasteiger charge is -2.38. The van der Waals surface area contributed by atoms with E-state index in [1.165, 1.54) is 54.0 Å². The van der Waals surface area contributed by atoms with Gasteiger partial charge in [-0.3, -0.25) is 14.7 Å². The summed E-state index contributed by atoms with van der Waals surface area (Å²) in [4.78, 5) is 30.5. The first-order valence-electron chi connectivity index (χ1n) is 13.8. The Morgan fingerprint density at radius 3 is 2.24 bits per heavy atom. The molecule has 0 aliphatic heterocycles. The molecule has 0 spiro atoms. The highest BCUT2D eigenvalue weighted by molar-refractivity contribution is 6.62. The third-order valence-electron chi connectivity index (χ3n) is 7.01. The van der Waals surface area contributed by atoms with Crippen molar-refractivity contribution >= 4 is 69.8 Å². The molecule has 11 nitrogen and oxygen atoms in total. The van der Waals surface area contributed by atoms with Gasteiger partial charge in [-0.15, -0.1) is 13.2 Å². The zero-order chi connectivity index (χ0) is 33.4. The summed E-state index contributed by atoms with van der Waals surface area (Å²) in [5.41, 5.74) is -1.68. The van der Waals surface area contributed by atoms with Crippen LogP contribution in [0.15, 0.2) is 54.7 Å². The molecule has 228 valence electrons. The van der Waals surface area contributed by atoms with Crippen molar-refractivity contribution in [2.45, 2.75) is 29.2 Å². The molecule has 4 aromatic rings. The van der Waals surface area contributed by atoms with E-state index in [1.54, 1.807) is 41.7 Å². The van der Waals surface area contributed by atoms with Crippen LogP contribution >= 0.6 is 0 Å². The number of benzene rings is 2. The number of hydrogen-bond acceptors (Lipinski definition) is 8. The van der Waals surface area contributed by atoms with Gasteiger partial charge in [-0.2, -0.15) is 5.10 Å². The molecule has 0 aliphatic carbocycles. The van der Waals surface area contributed by atoms with Crippen LogP contribution in [0.2, 0.25) is 5.11 Å². The number of hydrogen-bond donors (Lipinski definition) is 5. The van der Waals surface area contributed by atoms with Gasteiger partial charge in [-0.25, -0.2) is 4.98 Å². The highest BCUT2D eigenvalue weighted by Crippen LogP contribution is 2.30. The number of carbonyl (C=O) groups excluding carboxylic acids is 2. The van der Waals surface area contributed by atoms with Crippen LogP contribution in [0.4, 0.5) is 13.2 Å². The molecule has 45 heavy (non-hydrogen) atoms. The Morgan fingerprint density at radius 1 is 0.911 bits per heavy atom. The van der Waals surface area contributed by atoms with Crippen molar-refractivity contribution in [1.29, 1.82) is 0 Å². The summed E-state index contributed by atoms with van der Waals surface area (Å²) in [6.07, 6.45) is -3.51. The normalized spacial score (nSPS) is 13.5. The second-order valence-electron chi connectivity index (χ2n) is 12.1. The number of aromatic amines is 1. The Balaban J connectivity index is 1.63. The van der Waals surface area contributed by atoms with Crippen LogP contribution in [-0.2, 0) is 6.54 Å². The monoisotopic (exact) mass is 617 g/mol. The first-order valence-corrected chi connectivity index (χ1v) is 13.8. The smallest absolute Gasteiger partial charge is 0.463 e. The Morgan fingerprint density at radius 2 is 1.60 bits per heavy atom. The quantitative estimate of drug-likeness (QED) is 0.0916. The predicted molar refractivity (Wildman–Crippen MR) is 176 cm³/mol. The second-order valence-corrected chi connectivity index (χ2v) is 12.1. The molecule has 2 amide bonds. The van der Waals surface area contributed by atoms with E-state index in [2.05, 4.69) is 30.6 Å². The van der Waals surface area contributed by atoms with Gasteiger partial charge in [0.05, 0.1) is 34.7 Å². The number of alkyl halides is 3. The lowest BCUT2D eigenvalue weighted by Crippen LogP contribution is -2.58. The van der Waals surface area contributed by atoms with Crippen molar-refractivity contribution in [2.75, 3.05) is 0 Å². The number of para-hydroxylation sites is 1. The van der Waals surface area contributed by atoms with Gasteiger partial charge in [0.1, 0.15) is 16.9 Å². The van der Waals surface area contributed by atoms with Gasteiger partial charge in [0.2, 0.25) is 5.88 Å². The zero-order valence-electron chi connectivity index (χ0n) is 25.5. The van der Waals surface area contributed by atoms with Crippen molar-refractivity contribution in [2.24, 2.45) is 0 Å². The lowest BCUT2D eigenvalue weighted by atomic mass is 9.34. The summed E-state index contributed by atoms with van der Waals surface area (Å²) in [6, 6.07) is 11.8. The summed E-state index contributed by atoms with van der Waals surface area (Å²) < 4.78 is 48.1. The highest BCUT2D eigenvalue weighted by atomic mass is 19.4. The molecule has 2 aromatic carbocycles. The van der Waals surface area contributed by atoms with Crippen LogP contribution < -0.4 is 20.1 Å². The molecule has 2 aromatic heterocycles. The molecule has 2 heterocycles. The average molecular weight is 616 g/mol. The number of aliphatic hydroxyl groups is 2. The van der Waals surface area contributed by atoms with Crippen LogP contribution in [0.5, 0.6) is 11.6 Å². The van der Waals surface area contributed by atoms with Crippen LogP contribution in [-0.4, -0.2) is 102 Å². The molecule has 1 unspecified atom stereocenters. The summed E-state index contributed by atoms with van der Waals surface area (Å²) in [7, 11) is 9.53. The number of aromatic nitrogens is 3. The van der Waals surface area contributed by atoms with E-state index in [4.69, 9.17) is 4.74 Å². The van der Waals surface area contributed by atoms with Gasteiger partial charge < -0.3 is 30.3 Å². The zero-order valence-corrected chi connectivity index (χ0v) is 25.5. The van der Waals surface area contributed by atoms with Gasteiger partial charge in [-0.1, -0.05) is 29.4 Å². The van der Waals surface area contributed by atoms with Gasteiger partial charge >= 0.3 is 6.36 Å². The first-order chi connectivity index (χ1) is 20.7. The minimum Gasteiger partial charge on any atom is -0.463 e. The van der Waals surface area contributed by atoms with E-state index < -0.39 is 40.2 Å². The summed E-state index contributed by atoms with van der Waals surface area (Å²) in [6.45, 7) is -0.315. The third-order valence-corrected chi connectivity index (χ3v) is 7.01. The van der Waals surface area contributed by atoms with Gasteiger partial charge in [0, 0.05) is 29.3 Å². The van der Waals surface area contributed by atoms with Crippen LogP contribution in [0, 0.1) is 0 Å². The molecule has 0 radical (unpaired) electrons. The number of rotatable bonds is 10. The van der Waals surface area contributed by atoms with E-state index in [0.717, 1.165) is 6.07 Å². The topological polar surface area (TPSA) is 159 Å². The molecule has 20 heteroatoms. The maximum Gasteiger partial charge on any atom is 0.573 e. The maximum absolute atomic E-state index is 13.3. The molecule has 1 atom stereocenters. The fourth-order valence-corrected chi connectivity index (χ4v) is 4.08. The number of fused-ring (bicyclic) bond motifs is 1. The van der Waals surface area contributed by atoms with Crippen molar-refractivity contribution in [3.05, 3.63) is 71.5 Å². The third kappa shape index (κ3) is 8.25. The van der Waals surface area contributed by atoms with E-state index in [-0.39, 0.29) is 29.2 Å². The van der Waals surface area contributed by atoms with Gasteiger partial charge in [-0.05, 0) is 29.8 Å². The van der Waals surface area contributed by atoms with E-state index >= 15 is 0 Å². The van der Waals surface area contributed by atoms with E-state index in [9.17, 15) is 33.0 Å². The van der Waals surface area contributed by atoms with Crippen molar-refractivity contribution in [3.63, 3.8) is 0 Å². The Kier molecular flexibility index (Phi) is 9.14. The Labute approximate surface area is 261 Å². The molecule has 0 bridgehead atoms. The number of carbonyl (C=O) groups is 2. The number of H-pyrrole nitrogens is 1. The lowest BCUT2D eigenvalue weighted by molar-refractivity contribution is -0.274. The summed E-state index contributed by atoms with van der Waals surface area (Å²) >= 11 is 0. The average Bonchev–Trinajstić information content (AvgIpc) is 3.34. The molecular weight excluding hydrogens is 588 g/mol. The van der Waals surface area contributed by atoms with Crippen LogP contribution in [0.3, 0.4) is 0 Å². The molecular formula is C25H28B6F3N5O6. The largest absolute Gasteiger partial charge is 0.573 e. The van der Waals surface area contributed by atoms with Crippen LogP contribution in [0.1, 0.15) is 26.4 Å². The molecule has 5 N–H and O–H groups in total. The van der Waals surface area contributed by atoms with Crippen molar-refractivity contribution < 1.29 is 42.4 Å². The molecule has 4 rings (SSSR count). The van der Waals surface area contributed by atoms with Crippen molar-refractivity contribution in [3.8, 4) is 22.8 Å². The minimum atomic E-state index is -4.92. The number of nitrogens with one attached hydrogen (secondary N) is 3. The Hall–Kier alpha value is -4.30. The van der Waals surface area contributed by atoms with E-state index in [0.29, 0.717) is 22.0 Å². The van der Waals surface area contributed by atoms with E-state index in [1.807, 2.05) is 0 Å². The highest BCUT2D eigenvalue weighted by Gasteiger charge is 2.37. The number of amides is 2. The van der Waals surface area contributed by atoms with Gasteiger partial charge in [0.25, 0.3) is 11.8 Å². The standard InChI is InChI=1S/C25H28B6F3N5O6/c26-22(27,28)23(29,42)37-20(41)18-14-6-5-11(8-16(14)38-39-18)13-7-15(21(36-10-13)45-24(30,31)43)19(40)35-9-12-3-1-2-4-17(12)44-25(32,33)34/h1-8,10,42-43H,9,26-31H2,(H,35,40)(H,37,41)(H,38,39). The maximum atomic E-state index is 13.3. The summed E-state index contributed by atoms with van der Waals surface area (Å²) in [5.74, 6) is -1.99. The fraction of sp³-hybridized carbons (Fsp3) is 0.200. The number of pyridine rings is 1. The number of ether oxygens (including phenoxy) is 2. The molecule has 0 saturated heterocycles. The number of halogens is 3. The Bertz CT molecular complexity index is 1740. The van der Waals surface area contributed by atoms with Crippen LogP contribution in [0.25, 0.3) is 22.0 Å². The molecule has 0 saturated carbocycles. The first kappa shape index (κ1) is 33.6.